The largest absolute Gasteiger partial charge is 0.385 e. The van der Waals surface area contributed by atoms with Gasteiger partial charge in [0.2, 0.25) is 11.8 Å². The average molecular weight is 333 g/mol. The van der Waals surface area contributed by atoms with Crippen LogP contribution in [-0.4, -0.2) is 16.9 Å². The fraction of sp³-hybridized carbons (Fsp3) is 0.176. The summed E-state index contributed by atoms with van der Waals surface area (Å²) in [6, 6.07) is 13.3. The maximum atomic E-state index is 12.1. The van der Waals surface area contributed by atoms with Crippen LogP contribution in [0.25, 0.3) is 0 Å². The van der Waals surface area contributed by atoms with E-state index in [0.29, 0.717) is 11.3 Å². The van der Waals surface area contributed by atoms with E-state index in [1.807, 2.05) is 6.07 Å². The second kappa shape index (κ2) is 6.81. The second-order valence-electron chi connectivity index (χ2n) is 5.42. The predicted octanol–water partition coefficient (Wildman–Crippen LogP) is 2.68. The Morgan fingerprint density at radius 3 is 2.43 bits per heavy atom. The molecule has 0 fully saturated rings. The van der Waals surface area contributed by atoms with Crippen LogP contribution in [0.2, 0.25) is 5.02 Å². The maximum Gasteiger partial charge on any atom is 0.250 e. The molecule has 0 aliphatic rings. The van der Waals surface area contributed by atoms with Crippen LogP contribution >= 0.6 is 11.6 Å². The summed E-state index contributed by atoms with van der Waals surface area (Å²) in [7, 11) is 0. The highest BCUT2D eigenvalue weighted by Gasteiger charge is 2.26. The summed E-state index contributed by atoms with van der Waals surface area (Å²) in [6.45, 7) is 1.57. The number of carbonyl (C=O) groups excluding carboxylic acids is 2. The molecule has 0 aromatic heterocycles. The number of hydrogen-bond acceptors (Lipinski definition) is 3. The molecule has 0 aliphatic heterocycles. The van der Waals surface area contributed by atoms with Gasteiger partial charge in [-0.25, -0.2) is 0 Å². The number of benzene rings is 2. The number of amides is 2. The minimum Gasteiger partial charge on any atom is -0.385 e. The van der Waals surface area contributed by atoms with Crippen LogP contribution in [-0.2, 0) is 10.4 Å². The van der Waals surface area contributed by atoms with Gasteiger partial charge in [-0.3, -0.25) is 9.59 Å². The number of anilines is 1. The van der Waals surface area contributed by atoms with E-state index in [1.54, 1.807) is 31.2 Å². The van der Waals surface area contributed by atoms with Crippen LogP contribution in [0.5, 0.6) is 0 Å². The zero-order chi connectivity index (χ0) is 17.0. The molecule has 0 saturated heterocycles. The Morgan fingerprint density at radius 1 is 1.22 bits per heavy atom. The van der Waals surface area contributed by atoms with Gasteiger partial charge in [-0.2, -0.15) is 0 Å². The summed E-state index contributed by atoms with van der Waals surface area (Å²) in [6.07, 6.45) is -0.119. The fourth-order valence-electron chi connectivity index (χ4n) is 2.21. The van der Waals surface area contributed by atoms with Crippen molar-refractivity contribution in [3.05, 3.63) is 64.7 Å². The topological polar surface area (TPSA) is 92.4 Å². The Morgan fingerprint density at radius 2 is 1.87 bits per heavy atom. The predicted molar refractivity (Wildman–Crippen MR) is 89.2 cm³/mol. The lowest BCUT2D eigenvalue weighted by atomic mass is 9.92. The first kappa shape index (κ1) is 17.0. The normalized spacial score (nSPS) is 13.2. The molecule has 4 N–H and O–H groups in total. The highest BCUT2D eigenvalue weighted by atomic mass is 35.5. The van der Waals surface area contributed by atoms with Crippen molar-refractivity contribution in [3.63, 3.8) is 0 Å². The van der Waals surface area contributed by atoms with Crippen molar-refractivity contribution in [2.75, 3.05) is 5.32 Å². The third kappa shape index (κ3) is 4.31. The first-order chi connectivity index (χ1) is 10.8. The third-order valence-electron chi connectivity index (χ3n) is 3.42. The molecule has 0 aliphatic carbocycles. The zero-order valence-corrected chi connectivity index (χ0v) is 13.3. The van der Waals surface area contributed by atoms with Crippen molar-refractivity contribution in [2.24, 2.45) is 5.73 Å². The summed E-state index contributed by atoms with van der Waals surface area (Å²) in [5.74, 6) is -1.01. The van der Waals surface area contributed by atoms with Crippen molar-refractivity contribution >= 4 is 29.1 Å². The molecule has 0 heterocycles. The number of primary amides is 1. The van der Waals surface area contributed by atoms with Gasteiger partial charge in [0.1, 0.15) is 0 Å². The number of carbonyl (C=O) groups is 2. The standard InChI is InChI=1S/C17H17ClN2O3/c1-17(23,11-5-3-2-4-6-11)10-15(21)20-12-7-8-13(16(19)22)14(18)9-12/h2-9,23H,10H2,1H3,(H2,19,22)(H,20,21). The van der Waals surface area contributed by atoms with Crippen LogP contribution in [0.15, 0.2) is 48.5 Å². The lowest BCUT2D eigenvalue weighted by molar-refractivity contribution is -0.120. The first-order valence-electron chi connectivity index (χ1n) is 6.97. The second-order valence-corrected chi connectivity index (χ2v) is 5.83. The third-order valence-corrected chi connectivity index (χ3v) is 3.73. The van der Waals surface area contributed by atoms with Crippen LogP contribution in [0.4, 0.5) is 5.69 Å². The summed E-state index contributed by atoms with van der Waals surface area (Å²) < 4.78 is 0. The Labute approximate surface area is 139 Å². The van der Waals surface area contributed by atoms with Crippen molar-refractivity contribution in [2.45, 2.75) is 18.9 Å². The molecule has 120 valence electrons. The maximum absolute atomic E-state index is 12.1. The zero-order valence-electron chi connectivity index (χ0n) is 12.5. The molecule has 0 radical (unpaired) electrons. The monoisotopic (exact) mass is 332 g/mol. The number of aliphatic hydroxyl groups is 1. The summed E-state index contributed by atoms with van der Waals surface area (Å²) >= 11 is 5.94. The quantitative estimate of drug-likeness (QED) is 0.786. The average Bonchev–Trinajstić information content (AvgIpc) is 2.47. The molecule has 23 heavy (non-hydrogen) atoms. The van der Waals surface area contributed by atoms with Gasteiger partial charge in [-0.1, -0.05) is 41.9 Å². The van der Waals surface area contributed by atoms with Crippen molar-refractivity contribution in [1.82, 2.24) is 0 Å². The molecule has 0 saturated carbocycles. The van der Waals surface area contributed by atoms with Crippen molar-refractivity contribution in [1.29, 1.82) is 0 Å². The number of nitrogens with two attached hydrogens (primary N) is 1. The molecule has 2 rings (SSSR count). The fourth-order valence-corrected chi connectivity index (χ4v) is 2.48. The molecule has 2 amide bonds. The minimum absolute atomic E-state index is 0.119. The molecule has 5 nitrogen and oxygen atoms in total. The number of rotatable bonds is 5. The Kier molecular flexibility index (Phi) is 5.03. The van der Waals surface area contributed by atoms with Gasteiger partial charge in [0.15, 0.2) is 0 Å². The number of halogens is 1. The van der Waals surface area contributed by atoms with Gasteiger partial charge in [0, 0.05) is 5.69 Å². The lowest BCUT2D eigenvalue weighted by Crippen LogP contribution is -2.28. The highest BCUT2D eigenvalue weighted by molar-refractivity contribution is 6.34. The molecular weight excluding hydrogens is 316 g/mol. The van der Waals surface area contributed by atoms with Gasteiger partial charge < -0.3 is 16.2 Å². The van der Waals surface area contributed by atoms with Crippen LogP contribution < -0.4 is 11.1 Å². The molecular formula is C17H17ClN2O3. The SMILES string of the molecule is CC(O)(CC(=O)Nc1ccc(C(N)=O)c(Cl)c1)c1ccccc1. The van der Waals surface area contributed by atoms with E-state index in [2.05, 4.69) is 5.32 Å². The van der Waals surface area contributed by atoms with Gasteiger partial charge in [0.25, 0.3) is 0 Å². The van der Waals surface area contributed by atoms with E-state index < -0.39 is 11.5 Å². The van der Waals surface area contributed by atoms with E-state index >= 15 is 0 Å². The Balaban J connectivity index is 2.08. The van der Waals surface area contributed by atoms with Crippen LogP contribution in [0, 0.1) is 0 Å². The van der Waals surface area contributed by atoms with Gasteiger partial charge in [-0.15, -0.1) is 0 Å². The molecule has 0 bridgehead atoms. The van der Waals surface area contributed by atoms with Crippen LogP contribution in [0.3, 0.4) is 0 Å². The molecule has 1 atom stereocenters. The smallest absolute Gasteiger partial charge is 0.250 e. The van der Waals surface area contributed by atoms with Crippen molar-refractivity contribution < 1.29 is 14.7 Å². The molecule has 1 unspecified atom stereocenters. The van der Waals surface area contributed by atoms with Gasteiger partial charge in [0.05, 0.1) is 22.6 Å². The van der Waals surface area contributed by atoms with E-state index in [9.17, 15) is 14.7 Å². The Bertz CT molecular complexity index is 730. The summed E-state index contributed by atoms with van der Waals surface area (Å²) in [5.41, 5.74) is 5.14. The minimum atomic E-state index is -1.29. The van der Waals surface area contributed by atoms with Crippen molar-refractivity contribution in [3.8, 4) is 0 Å². The Hall–Kier alpha value is -2.37. The van der Waals surface area contributed by atoms with E-state index in [4.69, 9.17) is 17.3 Å². The van der Waals surface area contributed by atoms with E-state index in [-0.39, 0.29) is 22.9 Å². The molecule has 2 aromatic carbocycles. The highest BCUT2D eigenvalue weighted by Crippen LogP contribution is 2.25. The van der Waals surface area contributed by atoms with E-state index in [1.165, 1.54) is 18.2 Å². The number of hydrogen-bond donors (Lipinski definition) is 3. The van der Waals surface area contributed by atoms with Crippen LogP contribution in [0.1, 0.15) is 29.3 Å². The van der Waals surface area contributed by atoms with Gasteiger partial charge >= 0.3 is 0 Å². The lowest BCUT2D eigenvalue weighted by Gasteiger charge is -2.23. The summed E-state index contributed by atoms with van der Waals surface area (Å²) in [5, 5.41) is 13.3. The van der Waals surface area contributed by atoms with Gasteiger partial charge in [-0.05, 0) is 30.7 Å². The molecule has 2 aromatic rings. The molecule has 6 heteroatoms. The molecule has 0 spiro atoms. The number of nitrogens with one attached hydrogen (secondary N) is 1. The summed E-state index contributed by atoms with van der Waals surface area (Å²) in [4.78, 5) is 23.2. The van der Waals surface area contributed by atoms with E-state index in [0.717, 1.165) is 0 Å². The first-order valence-corrected chi connectivity index (χ1v) is 7.34.